The third kappa shape index (κ3) is 2.79. The van der Waals surface area contributed by atoms with Gasteiger partial charge in [0, 0.05) is 5.69 Å². The molecule has 0 spiro atoms. The summed E-state index contributed by atoms with van der Waals surface area (Å²) in [5.74, 6) is 0.577. The van der Waals surface area contributed by atoms with Crippen molar-refractivity contribution < 1.29 is 0 Å². The highest BCUT2D eigenvalue weighted by atomic mass is 35.5. The standard InChI is InChI=1S/C14H12ClN3/c1-9-3-4-10(2)12(5-9)17-14-7-11(8-16)6-13(15)18-14/h3-7H,1-2H3,(H,17,18). The van der Waals surface area contributed by atoms with Crippen LogP contribution < -0.4 is 5.32 Å². The lowest BCUT2D eigenvalue weighted by Gasteiger charge is -2.10. The van der Waals surface area contributed by atoms with Crippen LogP contribution in [0.3, 0.4) is 0 Å². The number of aryl methyl sites for hydroxylation is 2. The molecule has 1 aromatic heterocycles. The second-order valence-electron chi connectivity index (χ2n) is 4.12. The number of hydrogen-bond acceptors (Lipinski definition) is 3. The van der Waals surface area contributed by atoms with Crippen LogP contribution >= 0.6 is 11.6 Å². The molecule has 90 valence electrons. The molecule has 0 aliphatic heterocycles. The molecule has 0 unspecified atom stereocenters. The van der Waals surface area contributed by atoms with Crippen LogP contribution in [0.4, 0.5) is 11.5 Å². The molecule has 0 radical (unpaired) electrons. The number of hydrogen-bond donors (Lipinski definition) is 1. The van der Waals surface area contributed by atoms with Gasteiger partial charge in [-0.15, -0.1) is 0 Å². The zero-order valence-electron chi connectivity index (χ0n) is 10.2. The summed E-state index contributed by atoms with van der Waals surface area (Å²) < 4.78 is 0. The minimum Gasteiger partial charge on any atom is -0.340 e. The summed E-state index contributed by atoms with van der Waals surface area (Å²) in [5.41, 5.74) is 3.72. The Morgan fingerprint density at radius 1 is 1.22 bits per heavy atom. The molecular weight excluding hydrogens is 246 g/mol. The molecule has 1 heterocycles. The van der Waals surface area contributed by atoms with Gasteiger partial charge in [0.15, 0.2) is 0 Å². The van der Waals surface area contributed by atoms with Gasteiger partial charge in [-0.05, 0) is 43.2 Å². The summed E-state index contributed by atoms with van der Waals surface area (Å²) in [5, 5.41) is 12.4. The van der Waals surface area contributed by atoms with E-state index < -0.39 is 0 Å². The van der Waals surface area contributed by atoms with Gasteiger partial charge in [-0.2, -0.15) is 5.26 Å². The van der Waals surface area contributed by atoms with Gasteiger partial charge in [-0.3, -0.25) is 0 Å². The van der Waals surface area contributed by atoms with E-state index in [2.05, 4.69) is 16.4 Å². The zero-order chi connectivity index (χ0) is 13.1. The lowest BCUT2D eigenvalue weighted by Crippen LogP contribution is -1.97. The maximum absolute atomic E-state index is 8.89. The first-order valence-electron chi connectivity index (χ1n) is 5.50. The Kier molecular flexibility index (Phi) is 3.50. The smallest absolute Gasteiger partial charge is 0.133 e. The van der Waals surface area contributed by atoms with Crippen molar-refractivity contribution >= 4 is 23.1 Å². The van der Waals surface area contributed by atoms with Crippen molar-refractivity contribution in [1.29, 1.82) is 5.26 Å². The lowest BCUT2D eigenvalue weighted by atomic mass is 10.1. The van der Waals surface area contributed by atoms with Gasteiger partial charge >= 0.3 is 0 Å². The third-order valence-corrected chi connectivity index (χ3v) is 2.77. The van der Waals surface area contributed by atoms with Crippen molar-refractivity contribution in [2.75, 3.05) is 5.32 Å². The SMILES string of the molecule is Cc1ccc(C)c(Nc2cc(C#N)cc(Cl)n2)c1. The van der Waals surface area contributed by atoms with Crippen molar-refractivity contribution in [3.63, 3.8) is 0 Å². The van der Waals surface area contributed by atoms with Gasteiger partial charge in [0.05, 0.1) is 11.6 Å². The Hall–Kier alpha value is -2.05. The molecule has 18 heavy (non-hydrogen) atoms. The molecule has 0 fully saturated rings. The summed E-state index contributed by atoms with van der Waals surface area (Å²) in [6, 6.07) is 11.4. The first-order valence-corrected chi connectivity index (χ1v) is 5.88. The third-order valence-electron chi connectivity index (χ3n) is 2.58. The number of rotatable bonds is 2. The van der Waals surface area contributed by atoms with Gasteiger partial charge in [0.25, 0.3) is 0 Å². The largest absolute Gasteiger partial charge is 0.340 e. The molecule has 0 bridgehead atoms. The molecule has 3 nitrogen and oxygen atoms in total. The van der Waals surface area contributed by atoms with Crippen LogP contribution in [0.15, 0.2) is 30.3 Å². The molecule has 1 N–H and O–H groups in total. The van der Waals surface area contributed by atoms with Crippen LogP contribution in [-0.2, 0) is 0 Å². The zero-order valence-corrected chi connectivity index (χ0v) is 10.9. The molecule has 0 amide bonds. The highest BCUT2D eigenvalue weighted by molar-refractivity contribution is 6.29. The summed E-state index contributed by atoms with van der Waals surface area (Å²) in [7, 11) is 0. The van der Waals surface area contributed by atoms with E-state index in [1.807, 2.05) is 32.0 Å². The second kappa shape index (κ2) is 5.07. The average Bonchev–Trinajstić information content (AvgIpc) is 2.33. The van der Waals surface area contributed by atoms with Crippen LogP contribution in [0, 0.1) is 25.2 Å². The molecule has 4 heteroatoms. The van der Waals surface area contributed by atoms with Crippen molar-refractivity contribution in [2.24, 2.45) is 0 Å². The highest BCUT2D eigenvalue weighted by Crippen LogP contribution is 2.22. The van der Waals surface area contributed by atoms with E-state index in [-0.39, 0.29) is 0 Å². The fourth-order valence-electron chi connectivity index (χ4n) is 1.63. The Morgan fingerprint density at radius 3 is 2.72 bits per heavy atom. The van der Waals surface area contributed by atoms with Gasteiger partial charge in [0.2, 0.25) is 0 Å². The first-order chi connectivity index (χ1) is 8.58. The van der Waals surface area contributed by atoms with E-state index >= 15 is 0 Å². The molecule has 2 aromatic rings. The highest BCUT2D eigenvalue weighted by Gasteiger charge is 2.04. The Bertz CT molecular complexity index is 629. The van der Waals surface area contributed by atoms with Crippen molar-refractivity contribution in [3.05, 3.63) is 52.2 Å². The molecule has 1 aromatic carbocycles. The molecular formula is C14H12ClN3. The first kappa shape index (κ1) is 12.4. The van der Waals surface area contributed by atoms with Crippen molar-refractivity contribution in [1.82, 2.24) is 4.98 Å². The van der Waals surface area contributed by atoms with Crippen molar-refractivity contribution in [3.8, 4) is 6.07 Å². The van der Waals surface area contributed by atoms with Crippen LogP contribution in [0.5, 0.6) is 0 Å². The number of aromatic nitrogens is 1. The lowest BCUT2D eigenvalue weighted by molar-refractivity contribution is 1.28. The second-order valence-corrected chi connectivity index (χ2v) is 4.51. The fraction of sp³-hybridized carbons (Fsp3) is 0.143. The van der Waals surface area contributed by atoms with E-state index in [0.717, 1.165) is 16.8 Å². The van der Waals surface area contributed by atoms with Crippen LogP contribution in [0.2, 0.25) is 5.15 Å². The molecule has 0 atom stereocenters. The van der Waals surface area contributed by atoms with E-state index in [0.29, 0.717) is 16.5 Å². The van der Waals surface area contributed by atoms with Gasteiger partial charge < -0.3 is 5.32 Å². The fourth-order valence-corrected chi connectivity index (χ4v) is 1.84. The average molecular weight is 258 g/mol. The van der Waals surface area contributed by atoms with E-state index in [4.69, 9.17) is 16.9 Å². The molecule has 0 saturated carbocycles. The summed E-state index contributed by atoms with van der Waals surface area (Å²) in [6.45, 7) is 4.04. The minimum atomic E-state index is 0.307. The summed E-state index contributed by atoms with van der Waals surface area (Å²) in [4.78, 5) is 4.15. The Labute approximate surface area is 111 Å². The Balaban J connectivity index is 2.37. The van der Waals surface area contributed by atoms with Gasteiger partial charge in [-0.25, -0.2) is 4.98 Å². The maximum Gasteiger partial charge on any atom is 0.133 e. The maximum atomic E-state index is 8.89. The number of benzene rings is 1. The van der Waals surface area contributed by atoms with E-state index in [1.54, 1.807) is 6.07 Å². The molecule has 0 aliphatic carbocycles. The van der Waals surface area contributed by atoms with Crippen LogP contribution in [-0.4, -0.2) is 4.98 Å². The number of anilines is 2. The normalized spacial score (nSPS) is 9.89. The van der Waals surface area contributed by atoms with Crippen molar-refractivity contribution in [2.45, 2.75) is 13.8 Å². The monoisotopic (exact) mass is 257 g/mol. The minimum absolute atomic E-state index is 0.307. The number of nitriles is 1. The topological polar surface area (TPSA) is 48.7 Å². The molecule has 0 saturated heterocycles. The molecule has 0 aliphatic rings. The predicted molar refractivity (Wildman–Crippen MR) is 73.2 cm³/mol. The number of halogens is 1. The van der Waals surface area contributed by atoms with E-state index in [1.165, 1.54) is 6.07 Å². The number of pyridine rings is 1. The van der Waals surface area contributed by atoms with E-state index in [9.17, 15) is 0 Å². The quantitative estimate of drug-likeness (QED) is 0.828. The van der Waals surface area contributed by atoms with Gasteiger partial charge in [0.1, 0.15) is 11.0 Å². The van der Waals surface area contributed by atoms with Gasteiger partial charge in [-0.1, -0.05) is 23.7 Å². The molecule has 2 rings (SSSR count). The van der Waals surface area contributed by atoms with Crippen LogP contribution in [0.1, 0.15) is 16.7 Å². The summed E-state index contributed by atoms with van der Waals surface area (Å²) in [6.07, 6.45) is 0. The summed E-state index contributed by atoms with van der Waals surface area (Å²) >= 11 is 5.86. The van der Waals surface area contributed by atoms with Crippen LogP contribution in [0.25, 0.3) is 0 Å². The Morgan fingerprint density at radius 2 is 2.00 bits per heavy atom. The predicted octanol–water partition coefficient (Wildman–Crippen LogP) is 3.97. The number of nitrogens with one attached hydrogen (secondary N) is 1. The number of nitrogens with zero attached hydrogens (tertiary/aromatic N) is 2.